The maximum absolute atomic E-state index is 13.1. The van der Waals surface area contributed by atoms with Crippen molar-refractivity contribution in [3.8, 4) is 0 Å². The van der Waals surface area contributed by atoms with Gasteiger partial charge in [-0.1, -0.05) is 17.7 Å². The molecule has 4 rings (SSSR count). The molecule has 2 fully saturated rings. The summed E-state index contributed by atoms with van der Waals surface area (Å²) in [5, 5.41) is 0. The van der Waals surface area contributed by atoms with Gasteiger partial charge in [0.1, 0.15) is 17.3 Å². The van der Waals surface area contributed by atoms with Gasteiger partial charge < -0.3 is 4.90 Å². The molecule has 10 heteroatoms. The molecular weight excluding hydrogens is 411 g/mol. The summed E-state index contributed by atoms with van der Waals surface area (Å²) in [5.41, 5.74) is 0.616. The highest BCUT2D eigenvalue weighted by molar-refractivity contribution is 6.22. The smallest absolute Gasteiger partial charge is 0.354 e. The van der Waals surface area contributed by atoms with Crippen LogP contribution in [-0.4, -0.2) is 58.9 Å². The molecule has 2 aliphatic heterocycles. The van der Waals surface area contributed by atoms with Gasteiger partial charge in [-0.2, -0.15) is 13.2 Å². The molecule has 164 valence electrons. The molecule has 31 heavy (non-hydrogen) atoms. The van der Waals surface area contributed by atoms with Gasteiger partial charge in [-0.05, 0) is 26.0 Å². The molecular formula is C21H22F3N5O2. The van der Waals surface area contributed by atoms with Gasteiger partial charge in [-0.3, -0.25) is 14.5 Å². The van der Waals surface area contributed by atoms with Crippen molar-refractivity contribution in [1.29, 1.82) is 0 Å². The van der Waals surface area contributed by atoms with Gasteiger partial charge in [-0.25, -0.2) is 14.9 Å². The number of alkyl halides is 3. The highest BCUT2D eigenvalue weighted by Gasteiger charge is 2.43. The lowest BCUT2D eigenvalue weighted by atomic mass is 10.1. The first kappa shape index (κ1) is 21.2. The minimum atomic E-state index is -4.54. The van der Waals surface area contributed by atoms with Crippen LogP contribution in [0.3, 0.4) is 0 Å². The van der Waals surface area contributed by atoms with E-state index < -0.39 is 17.9 Å². The Morgan fingerprint density at radius 2 is 1.61 bits per heavy atom. The third-order valence-electron chi connectivity index (χ3n) is 5.61. The molecule has 1 aromatic heterocycles. The fourth-order valence-electron chi connectivity index (χ4n) is 3.99. The van der Waals surface area contributed by atoms with E-state index in [1.165, 1.54) is 11.8 Å². The number of anilines is 2. The number of piperazine rings is 1. The van der Waals surface area contributed by atoms with Crippen molar-refractivity contribution in [1.82, 2.24) is 14.9 Å². The Bertz CT molecular complexity index is 1000. The molecule has 2 aromatic rings. The van der Waals surface area contributed by atoms with Gasteiger partial charge in [0.25, 0.3) is 5.91 Å². The Morgan fingerprint density at radius 1 is 0.968 bits per heavy atom. The number of halogens is 3. The number of carbonyl (C=O) groups excluding carboxylic acids is 2. The van der Waals surface area contributed by atoms with Crippen LogP contribution >= 0.6 is 0 Å². The fraction of sp³-hybridized carbons (Fsp3) is 0.429. The van der Waals surface area contributed by atoms with E-state index in [9.17, 15) is 22.8 Å². The van der Waals surface area contributed by atoms with Crippen LogP contribution in [0.2, 0.25) is 0 Å². The summed E-state index contributed by atoms with van der Waals surface area (Å²) in [6, 6.07) is 7.59. The first-order valence-corrected chi connectivity index (χ1v) is 9.99. The van der Waals surface area contributed by atoms with E-state index in [1.54, 1.807) is 17.0 Å². The second-order valence-electron chi connectivity index (χ2n) is 7.80. The van der Waals surface area contributed by atoms with E-state index in [0.717, 1.165) is 11.6 Å². The summed E-state index contributed by atoms with van der Waals surface area (Å²) in [4.78, 5) is 38.0. The third kappa shape index (κ3) is 4.25. The molecule has 1 atom stereocenters. The van der Waals surface area contributed by atoms with Crippen LogP contribution in [0.5, 0.6) is 0 Å². The lowest BCUT2D eigenvalue weighted by molar-refractivity contribution is -0.141. The molecule has 0 unspecified atom stereocenters. The van der Waals surface area contributed by atoms with Gasteiger partial charge in [-0.15, -0.1) is 0 Å². The molecule has 0 saturated carbocycles. The summed E-state index contributed by atoms with van der Waals surface area (Å²) >= 11 is 0. The average Bonchev–Trinajstić information content (AvgIpc) is 3.02. The Hall–Kier alpha value is -3.01. The standard InChI is InChI=1S/C21H22F3N5O2/c1-13-3-5-15(6-4-13)29-19(30)11-16(20(29)31)27-7-9-28(10-8-27)18-12-17(21(22,23)24)25-14(2)26-18/h3-6,12,16H,7-11H2,1-2H3/t16-/m1/s1. The van der Waals surface area contributed by atoms with E-state index >= 15 is 0 Å². The summed E-state index contributed by atoms with van der Waals surface area (Å²) in [5.74, 6) is -0.241. The molecule has 1 aromatic carbocycles. The number of carbonyl (C=O) groups is 2. The summed E-state index contributed by atoms with van der Waals surface area (Å²) in [6.07, 6.45) is -4.45. The first-order chi connectivity index (χ1) is 14.6. The van der Waals surface area contributed by atoms with E-state index in [2.05, 4.69) is 9.97 Å². The number of hydrogen-bond donors (Lipinski definition) is 0. The van der Waals surface area contributed by atoms with Crippen molar-refractivity contribution in [3.63, 3.8) is 0 Å². The number of aryl methyl sites for hydroxylation is 2. The van der Waals surface area contributed by atoms with Crippen molar-refractivity contribution in [3.05, 3.63) is 47.4 Å². The van der Waals surface area contributed by atoms with Crippen molar-refractivity contribution in [2.24, 2.45) is 0 Å². The zero-order chi connectivity index (χ0) is 22.3. The van der Waals surface area contributed by atoms with Crippen LogP contribution in [0.25, 0.3) is 0 Å². The number of nitrogens with zero attached hydrogens (tertiary/aromatic N) is 5. The maximum atomic E-state index is 13.1. The molecule has 0 aliphatic carbocycles. The molecule has 2 amide bonds. The van der Waals surface area contributed by atoms with Gasteiger partial charge >= 0.3 is 6.18 Å². The molecule has 7 nitrogen and oxygen atoms in total. The Morgan fingerprint density at radius 3 is 2.23 bits per heavy atom. The van der Waals surface area contributed by atoms with E-state index in [0.29, 0.717) is 31.9 Å². The lowest BCUT2D eigenvalue weighted by Gasteiger charge is -2.37. The summed E-state index contributed by atoms with van der Waals surface area (Å²) < 4.78 is 39.2. The number of amides is 2. The average molecular weight is 433 g/mol. The second kappa shape index (κ2) is 7.92. The zero-order valence-corrected chi connectivity index (χ0v) is 17.2. The number of aromatic nitrogens is 2. The molecule has 2 saturated heterocycles. The molecule has 0 spiro atoms. The maximum Gasteiger partial charge on any atom is 0.433 e. The van der Waals surface area contributed by atoms with Crippen molar-refractivity contribution in [2.45, 2.75) is 32.5 Å². The van der Waals surface area contributed by atoms with Crippen molar-refractivity contribution < 1.29 is 22.8 Å². The number of imide groups is 1. The van der Waals surface area contributed by atoms with E-state index in [4.69, 9.17) is 0 Å². The summed E-state index contributed by atoms with van der Waals surface area (Å²) in [6.45, 7) is 5.03. The van der Waals surface area contributed by atoms with Crippen LogP contribution in [0, 0.1) is 13.8 Å². The first-order valence-electron chi connectivity index (χ1n) is 9.99. The molecule has 0 N–H and O–H groups in total. The number of hydrogen-bond acceptors (Lipinski definition) is 6. The normalized spacial score (nSPS) is 20.6. The highest BCUT2D eigenvalue weighted by atomic mass is 19.4. The van der Waals surface area contributed by atoms with Crippen LogP contribution in [0.15, 0.2) is 30.3 Å². The minimum absolute atomic E-state index is 0.0533. The predicted octanol–water partition coefficient (Wildman–Crippen LogP) is 2.57. The fourth-order valence-corrected chi connectivity index (χ4v) is 3.99. The van der Waals surface area contributed by atoms with E-state index in [1.807, 2.05) is 24.0 Å². The third-order valence-corrected chi connectivity index (χ3v) is 5.61. The van der Waals surface area contributed by atoms with Crippen LogP contribution in [-0.2, 0) is 15.8 Å². The van der Waals surface area contributed by atoms with Crippen molar-refractivity contribution in [2.75, 3.05) is 36.0 Å². The Labute approximate surface area is 177 Å². The molecule has 3 heterocycles. The minimum Gasteiger partial charge on any atom is -0.354 e. The summed E-state index contributed by atoms with van der Waals surface area (Å²) in [7, 11) is 0. The van der Waals surface area contributed by atoms with Gasteiger partial charge in [0.05, 0.1) is 18.2 Å². The molecule has 0 radical (unpaired) electrons. The second-order valence-corrected chi connectivity index (χ2v) is 7.80. The Kier molecular flexibility index (Phi) is 5.42. The zero-order valence-electron chi connectivity index (χ0n) is 17.2. The van der Waals surface area contributed by atoms with Gasteiger partial charge in [0.15, 0.2) is 0 Å². The predicted molar refractivity (Wildman–Crippen MR) is 108 cm³/mol. The topological polar surface area (TPSA) is 69.6 Å². The van der Waals surface area contributed by atoms with Crippen LogP contribution < -0.4 is 9.80 Å². The Balaban J connectivity index is 1.45. The number of benzene rings is 1. The highest BCUT2D eigenvalue weighted by Crippen LogP contribution is 2.31. The largest absolute Gasteiger partial charge is 0.433 e. The van der Waals surface area contributed by atoms with Gasteiger partial charge in [0, 0.05) is 32.2 Å². The van der Waals surface area contributed by atoms with Crippen molar-refractivity contribution >= 4 is 23.3 Å². The monoisotopic (exact) mass is 433 g/mol. The van der Waals surface area contributed by atoms with E-state index in [-0.39, 0.29) is 29.9 Å². The molecule has 2 aliphatic rings. The van der Waals surface area contributed by atoms with Crippen LogP contribution in [0.1, 0.15) is 23.5 Å². The quantitative estimate of drug-likeness (QED) is 0.693. The van der Waals surface area contributed by atoms with Crippen LogP contribution in [0.4, 0.5) is 24.7 Å². The number of rotatable bonds is 3. The lowest BCUT2D eigenvalue weighted by Crippen LogP contribution is -2.52. The van der Waals surface area contributed by atoms with Gasteiger partial charge in [0.2, 0.25) is 5.91 Å². The SMILES string of the molecule is Cc1ccc(N2C(=O)C[C@@H](N3CCN(c4cc(C(F)(F)F)nc(C)n4)CC3)C2=O)cc1. The molecule has 0 bridgehead atoms.